The van der Waals surface area contributed by atoms with Crippen LogP contribution in [0.1, 0.15) is 24.1 Å². The molecule has 1 aromatic carbocycles. The van der Waals surface area contributed by atoms with Gasteiger partial charge in [-0.25, -0.2) is 0 Å². The van der Waals surface area contributed by atoms with Crippen molar-refractivity contribution in [3.8, 4) is 0 Å². The third-order valence-electron chi connectivity index (χ3n) is 4.26. The Morgan fingerprint density at radius 3 is 2.79 bits per heavy atom. The predicted molar refractivity (Wildman–Crippen MR) is 91.6 cm³/mol. The van der Waals surface area contributed by atoms with Crippen molar-refractivity contribution in [1.29, 1.82) is 0 Å². The van der Waals surface area contributed by atoms with Crippen LogP contribution in [0.25, 0.3) is 0 Å². The standard InChI is InChI=1S/C18H24N4O2/c1-15(19-12-18(23)21-7-9-24-10-8-21)17-11-20-22(14-17)13-16-5-3-2-4-6-16/h2-6,11,14-15,19H,7-10,12-13H2,1H3. The van der Waals surface area contributed by atoms with Crippen LogP contribution in [-0.4, -0.2) is 53.4 Å². The van der Waals surface area contributed by atoms with Crippen molar-refractivity contribution in [3.63, 3.8) is 0 Å². The Hall–Kier alpha value is -2.18. The molecule has 0 saturated carbocycles. The van der Waals surface area contributed by atoms with Crippen LogP contribution in [-0.2, 0) is 16.1 Å². The van der Waals surface area contributed by atoms with Gasteiger partial charge in [0.25, 0.3) is 0 Å². The quantitative estimate of drug-likeness (QED) is 0.872. The van der Waals surface area contributed by atoms with Gasteiger partial charge < -0.3 is 15.0 Å². The Kier molecular flexibility index (Phi) is 5.61. The average molecular weight is 328 g/mol. The van der Waals surface area contributed by atoms with Crippen molar-refractivity contribution in [2.75, 3.05) is 32.8 Å². The molecule has 1 atom stereocenters. The van der Waals surface area contributed by atoms with E-state index in [2.05, 4.69) is 29.5 Å². The van der Waals surface area contributed by atoms with Gasteiger partial charge in [0.2, 0.25) is 5.91 Å². The van der Waals surface area contributed by atoms with Crippen molar-refractivity contribution < 1.29 is 9.53 Å². The molecule has 6 nitrogen and oxygen atoms in total. The summed E-state index contributed by atoms with van der Waals surface area (Å²) in [6, 6.07) is 10.3. The minimum atomic E-state index is 0.0829. The number of amides is 1. The molecule has 1 N–H and O–H groups in total. The van der Waals surface area contributed by atoms with Crippen LogP contribution in [0.2, 0.25) is 0 Å². The second-order valence-corrected chi connectivity index (χ2v) is 6.05. The van der Waals surface area contributed by atoms with Gasteiger partial charge >= 0.3 is 0 Å². The molecule has 1 aliphatic rings. The number of rotatable bonds is 6. The van der Waals surface area contributed by atoms with Crippen LogP contribution < -0.4 is 5.32 Å². The fourth-order valence-electron chi connectivity index (χ4n) is 2.74. The maximum Gasteiger partial charge on any atom is 0.236 e. The summed E-state index contributed by atoms with van der Waals surface area (Å²) in [5.41, 5.74) is 2.30. The van der Waals surface area contributed by atoms with Crippen LogP contribution in [0.5, 0.6) is 0 Å². The highest BCUT2D eigenvalue weighted by Crippen LogP contribution is 2.12. The first kappa shape index (κ1) is 16.7. The second kappa shape index (κ2) is 8.08. The van der Waals surface area contributed by atoms with E-state index in [1.807, 2.05) is 40.2 Å². The van der Waals surface area contributed by atoms with Crippen molar-refractivity contribution in [2.24, 2.45) is 0 Å². The zero-order valence-corrected chi connectivity index (χ0v) is 14.0. The number of morpholine rings is 1. The number of ether oxygens (including phenoxy) is 1. The molecule has 128 valence electrons. The summed E-state index contributed by atoms with van der Waals surface area (Å²) in [5.74, 6) is 0.127. The van der Waals surface area contributed by atoms with E-state index in [4.69, 9.17) is 4.74 Å². The Morgan fingerprint density at radius 2 is 2.04 bits per heavy atom. The SMILES string of the molecule is CC(NCC(=O)N1CCOCC1)c1cnn(Cc2ccccc2)c1. The third-order valence-corrected chi connectivity index (χ3v) is 4.26. The number of carbonyl (C=O) groups excluding carboxylic acids is 1. The summed E-state index contributed by atoms with van der Waals surface area (Å²) in [7, 11) is 0. The average Bonchev–Trinajstić information content (AvgIpc) is 3.09. The van der Waals surface area contributed by atoms with E-state index >= 15 is 0 Å². The Bertz CT molecular complexity index is 650. The Labute approximate surface area is 142 Å². The molecule has 0 radical (unpaired) electrons. The maximum atomic E-state index is 12.2. The van der Waals surface area contributed by atoms with Gasteiger partial charge in [-0.3, -0.25) is 9.48 Å². The van der Waals surface area contributed by atoms with E-state index in [9.17, 15) is 4.79 Å². The highest BCUT2D eigenvalue weighted by Gasteiger charge is 2.17. The summed E-state index contributed by atoms with van der Waals surface area (Å²) in [6.45, 7) is 5.77. The number of benzene rings is 1. The monoisotopic (exact) mass is 328 g/mol. The molecule has 24 heavy (non-hydrogen) atoms. The van der Waals surface area contributed by atoms with Crippen molar-refractivity contribution in [3.05, 3.63) is 53.9 Å². The smallest absolute Gasteiger partial charge is 0.236 e. The molecule has 1 aromatic heterocycles. The van der Waals surface area contributed by atoms with Gasteiger partial charge in [0.1, 0.15) is 0 Å². The topological polar surface area (TPSA) is 59.4 Å². The van der Waals surface area contributed by atoms with Gasteiger partial charge in [-0.15, -0.1) is 0 Å². The van der Waals surface area contributed by atoms with Gasteiger partial charge in [0.15, 0.2) is 0 Å². The van der Waals surface area contributed by atoms with E-state index in [0.717, 1.165) is 12.1 Å². The van der Waals surface area contributed by atoms with Crippen LogP contribution in [0.15, 0.2) is 42.7 Å². The first-order chi connectivity index (χ1) is 11.7. The van der Waals surface area contributed by atoms with E-state index in [-0.39, 0.29) is 11.9 Å². The number of hydrogen-bond donors (Lipinski definition) is 1. The molecule has 2 aromatic rings. The molecule has 1 unspecified atom stereocenters. The molecule has 1 aliphatic heterocycles. The number of carbonyl (C=O) groups is 1. The summed E-state index contributed by atoms with van der Waals surface area (Å²) in [6.07, 6.45) is 3.89. The number of aromatic nitrogens is 2. The number of hydrogen-bond acceptors (Lipinski definition) is 4. The normalized spacial score (nSPS) is 16.1. The Balaban J connectivity index is 1.50. The molecular weight excluding hydrogens is 304 g/mol. The fraction of sp³-hybridized carbons (Fsp3) is 0.444. The van der Waals surface area contributed by atoms with Crippen LogP contribution in [0.4, 0.5) is 0 Å². The summed E-state index contributed by atoms with van der Waals surface area (Å²) in [5, 5.41) is 7.70. The largest absolute Gasteiger partial charge is 0.378 e. The summed E-state index contributed by atoms with van der Waals surface area (Å²) >= 11 is 0. The van der Waals surface area contributed by atoms with Crippen LogP contribution in [0.3, 0.4) is 0 Å². The summed E-state index contributed by atoms with van der Waals surface area (Å²) in [4.78, 5) is 14.0. The van der Waals surface area contributed by atoms with Crippen LogP contribution in [0, 0.1) is 0 Å². The van der Waals surface area contributed by atoms with Crippen molar-refractivity contribution in [2.45, 2.75) is 19.5 Å². The molecule has 0 aliphatic carbocycles. The lowest BCUT2D eigenvalue weighted by molar-refractivity contribution is -0.134. The first-order valence-corrected chi connectivity index (χ1v) is 8.37. The number of nitrogens with zero attached hydrogens (tertiary/aromatic N) is 3. The minimum Gasteiger partial charge on any atom is -0.378 e. The minimum absolute atomic E-state index is 0.0829. The van der Waals surface area contributed by atoms with Crippen molar-refractivity contribution >= 4 is 5.91 Å². The van der Waals surface area contributed by atoms with E-state index in [1.54, 1.807) is 0 Å². The second-order valence-electron chi connectivity index (χ2n) is 6.05. The molecular formula is C18H24N4O2. The van der Waals surface area contributed by atoms with Gasteiger partial charge in [0, 0.05) is 30.9 Å². The maximum absolute atomic E-state index is 12.2. The highest BCUT2D eigenvalue weighted by atomic mass is 16.5. The van der Waals surface area contributed by atoms with Crippen molar-refractivity contribution in [1.82, 2.24) is 20.0 Å². The molecule has 2 heterocycles. The molecule has 1 saturated heterocycles. The van der Waals surface area contributed by atoms with Gasteiger partial charge in [-0.05, 0) is 12.5 Å². The lowest BCUT2D eigenvalue weighted by Gasteiger charge is -2.27. The van der Waals surface area contributed by atoms with E-state index in [0.29, 0.717) is 32.8 Å². The molecule has 0 bridgehead atoms. The predicted octanol–water partition coefficient (Wildman–Crippen LogP) is 1.44. The lowest BCUT2D eigenvalue weighted by atomic mass is 10.2. The number of nitrogens with one attached hydrogen (secondary N) is 1. The first-order valence-electron chi connectivity index (χ1n) is 8.37. The van der Waals surface area contributed by atoms with E-state index in [1.165, 1.54) is 5.56 Å². The van der Waals surface area contributed by atoms with E-state index < -0.39 is 0 Å². The highest BCUT2D eigenvalue weighted by molar-refractivity contribution is 5.78. The lowest BCUT2D eigenvalue weighted by Crippen LogP contribution is -2.45. The molecule has 0 spiro atoms. The third kappa shape index (κ3) is 4.43. The van der Waals surface area contributed by atoms with Crippen LogP contribution >= 0.6 is 0 Å². The molecule has 6 heteroatoms. The zero-order chi connectivity index (χ0) is 16.8. The fourth-order valence-corrected chi connectivity index (χ4v) is 2.74. The molecule has 3 rings (SSSR count). The molecule has 1 fully saturated rings. The van der Waals surface area contributed by atoms with Gasteiger partial charge in [-0.2, -0.15) is 5.10 Å². The Morgan fingerprint density at radius 1 is 1.29 bits per heavy atom. The van der Waals surface area contributed by atoms with Gasteiger partial charge in [0.05, 0.1) is 32.5 Å². The summed E-state index contributed by atoms with van der Waals surface area (Å²) < 4.78 is 7.19. The zero-order valence-electron chi connectivity index (χ0n) is 14.0. The molecule has 1 amide bonds. The van der Waals surface area contributed by atoms with Gasteiger partial charge in [-0.1, -0.05) is 30.3 Å².